The molecule has 0 fully saturated rings. The number of hydrogen-bond acceptors (Lipinski definition) is 5. The molecule has 5 heteroatoms. The second kappa shape index (κ2) is 11.7. The van der Waals surface area contributed by atoms with Crippen LogP contribution in [-0.2, 0) is 29.4 Å². The van der Waals surface area contributed by atoms with Crippen molar-refractivity contribution in [3.63, 3.8) is 0 Å². The quantitative estimate of drug-likeness (QED) is 0.315. The predicted molar refractivity (Wildman–Crippen MR) is 129 cm³/mol. The van der Waals surface area contributed by atoms with Crippen LogP contribution in [0.3, 0.4) is 0 Å². The van der Waals surface area contributed by atoms with Crippen LogP contribution in [0.25, 0.3) is 0 Å². The Morgan fingerprint density at radius 1 is 0.618 bits per heavy atom. The highest BCUT2D eigenvalue weighted by atomic mass is 16.5. The largest absolute Gasteiger partial charge is 0.485 e. The van der Waals surface area contributed by atoms with Crippen molar-refractivity contribution in [2.24, 2.45) is 0 Å². The highest BCUT2D eigenvalue weighted by Gasteiger charge is 2.21. The molecule has 0 aliphatic carbocycles. The van der Waals surface area contributed by atoms with Gasteiger partial charge in [0, 0.05) is 0 Å². The van der Waals surface area contributed by atoms with Crippen molar-refractivity contribution in [3.8, 4) is 11.5 Å². The molecule has 1 atom stereocenters. The summed E-state index contributed by atoms with van der Waals surface area (Å²) < 4.78 is 17.3. The fraction of sp³-hybridized carbons (Fsp3) is 0.138. The average molecular weight is 455 g/mol. The van der Waals surface area contributed by atoms with Crippen LogP contribution < -0.4 is 9.47 Å². The molecular formula is C29H26O5. The summed E-state index contributed by atoms with van der Waals surface area (Å²) in [4.78, 5) is 12.5. The predicted octanol–water partition coefficient (Wildman–Crippen LogP) is 5.62. The Kier molecular flexibility index (Phi) is 7.93. The maximum Gasteiger partial charge on any atom is 0.339 e. The fourth-order valence-corrected chi connectivity index (χ4v) is 3.34. The molecule has 0 unspecified atom stereocenters. The first-order valence-electron chi connectivity index (χ1n) is 11.0. The van der Waals surface area contributed by atoms with E-state index in [-0.39, 0.29) is 6.61 Å². The van der Waals surface area contributed by atoms with Gasteiger partial charge in [-0.3, -0.25) is 0 Å². The van der Waals surface area contributed by atoms with Gasteiger partial charge in [0.05, 0.1) is 0 Å². The van der Waals surface area contributed by atoms with Gasteiger partial charge in [-0.2, -0.15) is 0 Å². The molecule has 0 aromatic heterocycles. The molecule has 4 aromatic carbocycles. The zero-order valence-electron chi connectivity index (χ0n) is 18.7. The van der Waals surface area contributed by atoms with Crippen molar-refractivity contribution in [2.75, 3.05) is 0 Å². The fourth-order valence-electron chi connectivity index (χ4n) is 3.34. The van der Waals surface area contributed by atoms with Gasteiger partial charge in [-0.15, -0.1) is 0 Å². The van der Waals surface area contributed by atoms with Crippen molar-refractivity contribution < 1.29 is 24.1 Å². The molecule has 5 nitrogen and oxygen atoms in total. The molecule has 0 aliphatic heterocycles. The zero-order valence-corrected chi connectivity index (χ0v) is 18.7. The van der Waals surface area contributed by atoms with Crippen molar-refractivity contribution in [3.05, 3.63) is 131 Å². The normalized spacial score (nSPS) is 11.4. The second-order valence-corrected chi connectivity index (χ2v) is 7.75. The molecule has 0 heterocycles. The van der Waals surface area contributed by atoms with E-state index in [0.29, 0.717) is 30.3 Å². The first-order chi connectivity index (χ1) is 16.7. The third-order valence-corrected chi connectivity index (χ3v) is 5.21. The highest BCUT2D eigenvalue weighted by molar-refractivity contribution is 5.76. The molecule has 1 N–H and O–H groups in total. The molecule has 0 saturated heterocycles. The summed E-state index contributed by atoms with van der Waals surface area (Å²) in [6.07, 6.45) is -1.44. The molecule has 0 spiro atoms. The molecule has 34 heavy (non-hydrogen) atoms. The van der Waals surface area contributed by atoms with E-state index in [1.807, 2.05) is 91.0 Å². The molecular weight excluding hydrogens is 428 g/mol. The molecule has 4 rings (SSSR count). The molecule has 0 bridgehead atoms. The van der Waals surface area contributed by atoms with E-state index >= 15 is 0 Å². The van der Waals surface area contributed by atoms with Gasteiger partial charge in [0.15, 0.2) is 17.6 Å². The third-order valence-electron chi connectivity index (χ3n) is 5.21. The summed E-state index contributed by atoms with van der Waals surface area (Å²) in [5.41, 5.74) is 3.22. The van der Waals surface area contributed by atoms with Crippen LogP contribution in [-0.4, -0.2) is 11.1 Å². The van der Waals surface area contributed by atoms with Crippen LogP contribution in [0.1, 0.15) is 28.4 Å². The number of ether oxygens (including phenoxy) is 3. The van der Waals surface area contributed by atoms with E-state index in [2.05, 4.69) is 0 Å². The lowest BCUT2D eigenvalue weighted by molar-refractivity contribution is -0.155. The van der Waals surface area contributed by atoms with Crippen LogP contribution in [0.5, 0.6) is 11.5 Å². The zero-order chi connectivity index (χ0) is 23.6. The summed E-state index contributed by atoms with van der Waals surface area (Å²) in [5.74, 6) is 0.233. The topological polar surface area (TPSA) is 65.0 Å². The summed E-state index contributed by atoms with van der Waals surface area (Å²) in [7, 11) is 0. The van der Waals surface area contributed by atoms with Gasteiger partial charge in [0.25, 0.3) is 0 Å². The van der Waals surface area contributed by atoms with E-state index in [9.17, 15) is 9.90 Å². The lowest BCUT2D eigenvalue weighted by Crippen LogP contribution is -2.15. The summed E-state index contributed by atoms with van der Waals surface area (Å²) >= 11 is 0. The van der Waals surface area contributed by atoms with Gasteiger partial charge >= 0.3 is 5.97 Å². The average Bonchev–Trinajstić information content (AvgIpc) is 2.91. The van der Waals surface area contributed by atoms with Gasteiger partial charge in [0.1, 0.15) is 19.8 Å². The van der Waals surface area contributed by atoms with E-state index in [1.54, 1.807) is 18.2 Å². The first-order valence-corrected chi connectivity index (χ1v) is 11.0. The standard InChI is InChI=1S/C29H26O5/c30-28(29(31)34-21-24-14-8-3-9-15-24)25-16-17-26(32-19-22-10-4-1-5-11-22)27(18-25)33-20-23-12-6-2-7-13-23/h1-18,28,30H,19-21H2/t28-/m1/s1. The maximum absolute atomic E-state index is 12.5. The van der Waals surface area contributed by atoms with Gasteiger partial charge < -0.3 is 19.3 Å². The van der Waals surface area contributed by atoms with Gasteiger partial charge in [-0.25, -0.2) is 4.79 Å². The van der Waals surface area contributed by atoms with E-state index in [1.165, 1.54) is 0 Å². The van der Waals surface area contributed by atoms with Crippen molar-refractivity contribution in [2.45, 2.75) is 25.9 Å². The minimum atomic E-state index is -1.44. The van der Waals surface area contributed by atoms with Gasteiger partial charge in [-0.1, -0.05) is 97.1 Å². The number of rotatable bonds is 10. The van der Waals surface area contributed by atoms with E-state index in [0.717, 1.165) is 16.7 Å². The Bertz CT molecular complexity index is 1180. The second-order valence-electron chi connectivity index (χ2n) is 7.75. The number of aliphatic hydroxyl groups excluding tert-OH is 1. The maximum atomic E-state index is 12.5. The van der Waals surface area contributed by atoms with E-state index < -0.39 is 12.1 Å². The van der Waals surface area contributed by atoms with Crippen LogP contribution in [0.2, 0.25) is 0 Å². The first kappa shape index (κ1) is 23.1. The Morgan fingerprint density at radius 2 is 1.09 bits per heavy atom. The molecule has 4 aromatic rings. The summed E-state index contributed by atoms with van der Waals surface area (Å²) in [5, 5.41) is 10.6. The van der Waals surface area contributed by atoms with Crippen LogP contribution in [0.4, 0.5) is 0 Å². The Hall–Kier alpha value is -4.09. The minimum absolute atomic E-state index is 0.0897. The third kappa shape index (κ3) is 6.47. The molecule has 0 amide bonds. The van der Waals surface area contributed by atoms with Crippen LogP contribution in [0, 0.1) is 0 Å². The lowest BCUT2D eigenvalue weighted by atomic mass is 10.1. The van der Waals surface area contributed by atoms with Crippen molar-refractivity contribution >= 4 is 5.97 Å². The molecule has 0 saturated carbocycles. The summed E-state index contributed by atoms with van der Waals surface area (Å²) in [6, 6.07) is 33.8. The van der Waals surface area contributed by atoms with Crippen LogP contribution in [0.15, 0.2) is 109 Å². The smallest absolute Gasteiger partial charge is 0.339 e. The molecule has 0 radical (unpaired) electrons. The highest BCUT2D eigenvalue weighted by Crippen LogP contribution is 2.32. The van der Waals surface area contributed by atoms with Gasteiger partial charge in [0.2, 0.25) is 0 Å². The Morgan fingerprint density at radius 3 is 1.62 bits per heavy atom. The number of hydrogen-bond donors (Lipinski definition) is 1. The monoisotopic (exact) mass is 454 g/mol. The van der Waals surface area contributed by atoms with Crippen LogP contribution >= 0.6 is 0 Å². The Labute approximate surface area is 199 Å². The molecule has 0 aliphatic rings. The van der Waals surface area contributed by atoms with Crippen molar-refractivity contribution in [1.82, 2.24) is 0 Å². The number of carbonyl (C=O) groups is 1. The number of esters is 1. The Balaban J connectivity index is 1.48. The summed E-state index contributed by atoms with van der Waals surface area (Å²) in [6.45, 7) is 0.774. The number of aliphatic hydroxyl groups is 1. The van der Waals surface area contributed by atoms with Gasteiger partial charge in [-0.05, 0) is 34.4 Å². The molecule has 172 valence electrons. The number of carbonyl (C=O) groups excluding carboxylic acids is 1. The van der Waals surface area contributed by atoms with Crippen molar-refractivity contribution in [1.29, 1.82) is 0 Å². The minimum Gasteiger partial charge on any atom is -0.485 e. The van der Waals surface area contributed by atoms with E-state index in [4.69, 9.17) is 14.2 Å². The lowest BCUT2D eigenvalue weighted by Gasteiger charge is -2.16. The SMILES string of the molecule is O=C(OCc1ccccc1)[C@H](O)c1ccc(OCc2ccccc2)c(OCc2ccccc2)c1. The number of benzene rings is 4.